The van der Waals surface area contributed by atoms with Crippen LogP contribution in [0.2, 0.25) is 10.0 Å². The number of fused-ring (bicyclic) bond motifs is 1. The molecule has 1 aromatic carbocycles. The van der Waals surface area contributed by atoms with E-state index in [4.69, 9.17) is 42.6 Å². The first-order valence-electron chi connectivity index (χ1n) is 15.4. The number of anilines is 3. The number of aromatic nitrogens is 3. The molecule has 3 atom stereocenters. The first-order chi connectivity index (χ1) is 22.3. The third kappa shape index (κ3) is 6.47. The number of urea groups is 1. The zero-order valence-corrected chi connectivity index (χ0v) is 28.1. The van der Waals surface area contributed by atoms with E-state index in [9.17, 15) is 9.59 Å². The Balaban J connectivity index is 1.34. The van der Waals surface area contributed by atoms with Crippen molar-refractivity contribution < 1.29 is 19.1 Å². The summed E-state index contributed by atoms with van der Waals surface area (Å²) < 4.78 is 10.9. The van der Waals surface area contributed by atoms with Crippen molar-refractivity contribution >= 4 is 63.9 Å². The van der Waals surface area contributed by atoms with Crippen molar-refractivity contribution in [3.05, 3.63) is 57.1 Å². The maximum absolute atomic E-state index is 14.3. The number of benzene rings is 1. The molecular formula is C32H37Cl2N7O4S. The molecule has 0 spiro atoms. The Morgan fingerprint density at radius 1 is 1.09 bits per heavy atom. The minimum absolute atomic E-state index is 0.0774. The van der Waals surface area contributed by atoms with Gasteiger partial charge in [-0.25, -0.2) is 14.8 Å². The summed E-state index contributed by atoms with van der Waals surface area (Å²) in [5.41, 5.74) is 0.960. The van der Waals surface area contributed by atoms with E-state index in [1.807, 2.05) is 5.38 Å². The molecular weight excluding hydrogens is 649 g/mol. The van der Waals surface area contributed by atoms with Gasteiger partial charge in [-0.2, -0.15) is 4.98 Å². The van der Waals surface area contributed by atoms with Crippen LogP contribution in [0.4, 0.5) is 22.2 Å². The van der Waals surface area contributed by atoms with Crippen molar-refractivity contribution in [3.8, 4) is 11.5 Å². The predicted octanol–water partition coefficient (Wildman–Crippen LogP) is 6.85. The lowest BCUT2D eigenvalue weighted by Gasteiger charge is -2.39. The number of hydrogen-bond acceptors (Lipinski definition) is 9. The molecule has 2 saturated carbocycles. The summed E-state index contributed by atoms with van der Waals surface area (Å²) in [4.78, 5) is 43.7. The van der Waals surface area contributed by atoms with Crippen LogP contribution in [0, 0.1) is 11.8 Å². The van der Waals surface area contributed by atoms with Crippen molar-refractivity contribution in [1.82, 2.24) is 20.3 Å². The van der Waals surface area contributed by atoms with E-state index in [1.54, 1.807) is 23.4 Å². The average Bonchev–Trinajstić information content (AvgIpc) is 3.79. The highest BCUT2D eigenvalue weighted by Gasteiger charge is 2.39. The summed E-state index contributed by atoms with van der Waals surface area (Å²) in [5, 5.41) is 9.60. The van der Waals surface area contributed by atoms with Crippen LogP contribution >= 0.6 is 34.5 Å². The molecule has 2 aliphatic carbocycles. The topological polar surface area (TPSA) is 122 Å². The van der Waals surface area contributed by atoms with Crippen LogP contribution in [0.25, 0.3) is 0 Å². The first-order valence-corrected chi connectivity index (χ1v) is 17.1. The van der Waals surface area contributed by atoms with E-state index in [0.29, 0.717) is 40.7 Å². The maximum Gasteiger partial charge on any atom is 0.330 e. The van der Waals surface area contributed by atoms with Gasteiger partial charge in [-0.15, -0.1) is 11.3 Å². The molecule has 0 saturated heterocycles. The molecule has 244 valence electrons. The number of ether oxygens (including phenoxy) is 2. The Labute approximate surface area is 282 Å². The summed E-state index contributed by atoms with van der Waals surface area (Å²) in [6.07, 6.45) is 12.6. The van der Waals surface area contributed by atoms with Crippen LogP contribution in [0.5, 0.6) is 11.5 Å². The van der Waals surface area contributed by atoms with E-state index in [1.165, 1.54) is 62.2 Å². The van der Waals surface area contributed by atoms with Gasteiger partial charge in [0.15, 0.2) is 0 Å². The summed E-state index contributed by atoms with van der Waals surface area (Å²) in [6.45, 7) is 3.93. The van der Waals surface area contributed by atoms with Gasteiger partial charge in [-0.3, -0.25) is 14.6 Å². The lowest BCUT2D eigenvalue weighted by molar-refractivity contribution is -0.117. The highest BCUT2D eigenvalue weighted by Crippen LogP contribution is 2.48. The molecule has 0 radical (unpaired) electrons. The zero-order chi connectivity index (χ0) is 32.4. The summed E-state index contributed by atoms with van der Waals surface area (Å²) >= 11 is 14.9. The Kier molecular flexibility index (Phi) is 9.86. The molecule has 3 aromatic rings. The molecule has 1 aliphatic heterocycles. The van der Waals surface area contributed by atoms with Crippen molar-refractivity contribution in [2.24, 2.45) is 11.8 Å². The fourth-order valence-electron chi connectivity index (χ4n) is 6.98. The van der Waals surface area contributed by atoms with E-state index in [2.05, 4.69) is 22.2 Å². The number of carbonyl (C=O) groups excluding carboxylic acids is 2. The quantitative estimate of drug-likeness (QED) is 0.222. The van der Waals surface area contributed by atoms with Crippen LogP contribution in [-0.2, 0) is 17.9 Å². The monoisotopic (exact) mass is 685 g/mol. The highest BCUT2D eigenvalue weighted by atomic mass is 35.5. The average molecular weight is 687 g/mol. The van der Waals surface area contributed by atoms with E-state index in [0.717, 1.165) is 24.3 Å². The molecule has 3 heterocycles. The molecule has 3 aliphatic rings. The number of halogens is 2. The Morgan fingerprint density at radius 3 is 2.48 bits per heavy atom. The van der Waals surface area contributed by atoms with Gasteiger partial charge in [-0.1, -0.05) is 55.5 Å². The molecule has 2 fully saturated rings. The molecule has 3 amide bonds. The molecule has 14 heteroatoms. The lowest BCUT2D eigenvalue weighted by atomic mass is 9.75. The van der Waals surface area contributed by atoms with E-state index < -0.39 is 0 Å². The number of amides is 3. The van der Waals surface area contributed by atoms with Gasteiger partial charge in [0.2, 0.25) is 11.9 Å². The van der Waals surface area contributed by atoms with Gasteiger partial charge < -0.3 is 20.1 Å². The highest BCUT2D eigenvalue weighted by molar-refractivity contribution is 7.09. The number of nitrogens with one attached hydrogen (secondary N) is 2. The van der Waals surface area contributed by atoms with Gasteiger partial charge in [0.05, 0.1) is 33.0 Å². The fourth-order valence-corrected chi connectivity index (χ4v) is 8.29. The number of thiazole rings is 1. The smallest absolute Gasteiger partial charge is 0.330 e. The van der Waals surface area contributed by atoms with Crippen LogP contribution in [0.15, 0.2) is 36.5 Å². The third-order valence-electron chi connectivity index (χ3n) is 9.27. The minimum Gasteiger partial charge on any atom is -0.495 e. The van der Waals surface area contributed by atoms with Crippen molar-refractivity contribution in [1.29, 1.82) is 0 Å². The minimum atomic E-state index is -0.387. The second-order valence-corrected chi connectivity index (χ2v) is 13.6. The molecule has 6 rings (SSSR count). The second kappa shape index (κ2) is 14.0. The van der Waals surface area contributed by atoms with Gasteiger partial charge in [0.1, 0.15) is 32.4 Å². The summed E-state index contributed by atoms with van der Waals surface area (Å²) in [7, 11) is 2.97. The van der Waals surface area contributed by atoms with Gasteiger partial charge in [0.25, 0.3) is 0 Å². The van der Waals surface area contributed by atoms with Crippen molar-refractivity contribution in [2.45, 2.75) is 70.1 Å². The van der Waals surface area contributed by atoms with Crippen molar-refractivity contribution in [2.75, 3.05) is 29.3 Å². The fraction of sp³-hybridized carbons (Fsp3) is 0.469. The number of rotatable bonds is 10. The predicted molar refractivity (Wildman–Crippen MR) is 180 cm³/mol. The summed E-state index contributed by atoms with van der Waals surface area (Å²) in [5.74, 6) is 2.57. The number of nitrogens with zero attached hydrogens (tertiary/aromatic N) is 5. The summed E-state index contributed by atoms with van der Waals surface area (Å²) in [6, 6.07) is 1.02. The van der Waals surface area contributed by atoms with Crippen LogP contribution in [-0.4, -0.2) is 53.2 Å². The van der Waals surface area contributed by atoms with Crippen LogP contribution < -0.4 is 29.9 Å². The molecule has 11 nitrogen and oxygen atoms in total. The van der Waals surface area contributed by atoms with Crippen molar-refractivity contribution in [3.63, 3.8) is 0 Å². The number of hydrogen-bond donors (Lipinski definition) is 2. The first kappa shape index (κ1) is 32.3. The maximum atomic E-state index is 14.3. The van der Waals surface area contributed by atoms with Gasteiger partial charge in [-0.05, 0) is 37.2 Å². The zero-order valence-electron chi connectivity index (χ0n) is 25.8. The second-order valence-electron chi connectivity index (χ2n) is 11.9. The van der Waals surface area contributed by atoms with Crippen LogP contribution in [0.1, 0.15) is 55.5 Å². The molecule has 2 aromatic heterocycles. The Morgan fingerprint density at radius 2 is 1.83 bits per heavy atom. The van der Waals surface area contributed by atoms with Gasteiger partial charge >= 0.3 is 6.03 Å². The molecule has 2 N–H and O–H groups in total. The Bertz CT molecular complexity index is 1570. The van der Waals surface area contributed by atoms with Crippen LogP contribution in [0.3, 0.4) is 0 Å². The number of carbonyl (C=O) groups is 2. The third-order valence-corrected chi connectivity index (χ3v) is 10.8. The lowest BCUT2D eigenvalue weighted by Crippen LogP contribution is -2.51. The largest absolute Gasteiger partial charge is 0.495 e. The van der Waals surface area contributed by atoms with E-state index in [-0.39, 0.29) is 52.8 Å². The standard InChI is InChI=1S/C32H37Cl2N7O4S/c1-4-25(42)37-21-10-9-19(18-7-5-6-8-18)13-22(21)38-31-36-15-20-16-40(29-27(33)23(44-2)14-24(45-3)28(29)34)32(43)41(30(20)39-31)17-26-35-11-12-46-26/h4,11-12,14-15,18-19,21-22H,1,5-10,13,16-17H2,2-3H3,(H,37,42)(H,36,38,39)/t19?,21-,22+/m1/s1. The normalized spacial score (nSPS) is 21.6. The molecule has 1 unspecified atom stereocenters. The van der Waals surface area contributed by atoms with Gasteiger partial charge in [0, 0.05) is 41.5 Å². The van der Waals surface area contributed by atoms with E-state index >= 15 is 0 Å². The SMILES string of the molecule is C=CC(=O)N[C@@H]1CCC(C2CCCC2)C[C@@H]1Nc1ncc2c(n1)N(Cc1nccs1)C(=O)N(c1c(Cl)c(OC)cc(OC)c1Cl)C2. The molecule has 46 heavy (non-hydrogen) atoms. The number of methoxy groups -OCH3 is 2. The Hall–Kier alpha value is -3.61. The molecule has 0 bridgehead atoms.